The molecule has 0 aromatic heterocycles. The van der Waals surface area contributed by atoms with Gasteiger partial charge in [-0.25, -0.2) is 0 Å². The van der Waals surface area contributed by atoms with E-state index in [-0.39, 0.29) is 11.6 Å². The monoisotopic (exact) mass is 305 g/mol. The number of piperidine rings is 1. The SMILES string of the molecule is CC1CCN(CCCNC(=O)c2ccc([N+](=O)[O-])cc2)CC1. The van der Waals surface area contributed by atoms with E-state index < -0.39 is 4.92 Å². The molecule has 1 fully saturated rings. The molecule has 22 heavy (non-hydrogen) atoms. The largest absolute Gasteiger partial charge is 0.352 e. The number of nitro groups is 1. The molecule has 2 rings (SSSR count). The van der Waals surface area contributed by atoms with Crippen LogP contribution in [0, 0.1) is 16.0 Å². The molecule has 0 aliphatic carbocycles. The quantitative estimate of drug-likeness (QED) is 0.497. The van der Waals surface area contributed by atoms with Gasteiger partial charge in [0.1, 0.15) is 0 Å². The molecule has 0 saturated carbocycles. The zero-order valence-corrected chi connectivity index (χ0v) is 13.0. The summed E-state index contributed by atoms with van der Waals surface area (Å²) in [6, 6.07) is 5.67. The molecule has 1 aliphatic rings. The van der Waals surface area contributed by atoms with Gasteiger partial charge in [0.05, 0.1) is 4.92 Å². The van der Waals surface area contributed by atoms with Crippen molar-refractivity contribution >= 4 is 11.6 Å². The zero-order valence-electron chi connectivity index (χ0n) is 13.0. The lowest BCUT2D eigenvalue weighted by Crippen LogP contribution is -2.35. The highest BCUT2D eigenvalue weighted by Crippen LogP contribution is 2.15. The van der Waals surface area contributed by atoms with Crippen molar-refractivity contribution in [3.63, 3.8) is 0 Å². The molecular weight excluding hydrogens is 282 g/mol. The molecule has 120 valence electrons. The second kappa shape index (κ2) is 7.89. The Bertz CT molecular complexity index is 508. The Kier molecular flexibility index (Phi) is 5.89. The lowest BCUT2D eigenvalue weighted by molar-refractivity contribution is -0.384. The predicted octanol–water partition coefficient (Wildman–Crippen LogP) is 2.45. The van der Waals surface area contributed by atoms with Crippen LogP contribution in [0.3, 0.4) is 0 Å². The number of nitrogens with zero attached hydrogens (tertiary/aromatic N) is 2. The van der Waals surface area contributed by atoms with Crippen LogP contribution in [0.5, 0.6) is 0 Å². The van der Waals surface area contributed by atoms with Gasteiger partial charge in [-0.05, 0) is 56.9 Å². The minimum absolute atomic E-state index is 0.00382. The molecule has 1 heterocycles. The molecule has 1 saturated heterocycles. The Labute approximate surface area is 130 Å². The third kappa shape index (κ3) is 4.80. The van der Waals surface area contributed by atoms with Gasteiger partial charge in [0.15, 0.2) is 0 Å². The van der Waals surface area contributed by atoms with E-state index in [2.05, 4.69) is 17.1 Å². The minimum atomic E-state index is -0.471. The number of hydrogen-bond donors (Lipinski definition) is 1. The van der Waals surface area contributed by atoms with Crippen molar-refractivity contribution in [3.05, 3.63) is 39.9 Å². The van der Waals surface area contributed by atoms with Crippen molar-refractivity contribution < 1.29 is 9.72 Å². The summed E-state index contributed by atoms with van der Waals surface area (Å²) in [5.41, 5.74) is 0.452. The van der Waals surface area contributed by atoms with E-state index in [4.69, 9.17) is 0 Å². The molecule has 6 heteroatoms. The van der Waals surface area contributed by atoms with Gasteiger partial charge in [0.25, 0.3) is 11.6 Å². The fourth-order valence-corrected chi connectivity index (χ4v) is 2.63. The van der Waals surface area contributed by atoms with Crippen molar-refractivity contribution in [1.29, 1.82) is 0 Å². The van der Waals surface area contributed by atoms with Crippen LogP contribution in [0.4, 0.5) is 5.69 Å². The predicted molar refractivity (Wildman–Crippen MR) is 84.9 cm³/mol. The van der Waals surface area contributed by atoms with Gasteiger partial charge in [-0.15, -0.1) is 0 Å². The number of nitro benzene ring substituents is 1. The Morgan fingerprint density at radius 3 is 2.55 bits per heavy atom. The molecule has 1 amide bonds. The summed E-state index contributed by atoms with van der Waals surface area (Å²) in [5, 5.41) is 13.4. The van der Waals surface area contributed by atoms with Crippen molar-refractivity contribution in [3.8, 4) is 0 Å². The molecule has 0 unspecified atom stereocenters. The van der Waals surface area contributed by atoms with Crippen molar-refractivity contribution in [1.82, 2.24) is 10.2 Å². The molecule has 1 N–H and O–H groups in total. The summed E-state index contributed by atoms with van der Waals surface area (Å²) in [4.78, 5) is 24.5. The Hall–Kier alpha value is -1.95. The molecule has 1 aromatic carbocycles. The fourth-order valence-electron chi connectivity index (χ4n) is 2.63. The molecule has 0 atom stereocenters. The van der Waals surface area contributed by atoms with Gasteiger partial charge in [-0.1, -0.05) is 6.92 Å². The first kappa shape index (κ1) is 16.4. The summed E-state index contributed by atoms with van der Waals surface area (Å²) < 4.78 is 0. The van der Waals surface area contributed by atoms with E-state index in [1.54, 1.807) is 0 Å². The van der Waals surface area contributed by atoms with Gasteiger partial charge in [0.2, 0.25) is 0 Å². The number of hydrogen-bond acceptors (Lipinski definition) is 4. The Balaban J connectivity index is 1.68. The summed E-state index contributed by atoms with van der Waals surface area (Å²) in [6.07, 6.45) is 3.44. The van der Waals surface area contributed by atoms with Crippen LogP contribution >= 0.6 is 0 Å². The fraction of sp³-hybridized carbons (Fsp3) is 0.562. The number of rotatable bonds is 6. The highest BCUT2D eigenvalue weighted by Gasteiger charge is 2.15. The molecular formula is C16H23N3O3. The third-order valence-electron chi connectivity index (χ3n) is 4.15. The number of carbonyl (C=O) groups excluding carboxylic acids is 1. The van der Waals surface area contributed by atoms with E-state index in [9.17, 15) is 14.9 Å². The van der Waals surface area contributed by atoms with Crippen LogP contribution in [-0.2, 0) is 0 Å². The summed E-state index contributed by atoms with van der Waals surface area (Å²) in [5.74, 6) is 0.653. The van der Waals surface area contributed by atoms with Crippen LogP contribution in [0.1, 0.15) is 36.5 Å². The van der Waals surface area contributed by atoms with Gasteiger partial charge >= 0.3 is 0 Å². The van der Waals surface area contributed by atoms with Gasteiger partial charge < -0.3 is 10.2 Å². The van der Waals surface area contributed by atoms with Crippen molar-refractivity contribution in [2.24, 2.45) is 5.92 Å². The highest BCUT2D eigenvalue weighted by atomic mass is 16.6. The molecule has 6 nitrogen and oxygen atoms in total. The van der Waals surface area contributed by atoms with Crippen molar-refractivity contribution in [2.75, 3.05) is 26.2 Å². The second-order valence-corrected chi connectivity index (χ2v) is 5.94. The number of nitrogens with one attached hydrogen (secondary N) is 1. The van der Waals surface area contributed by atoms with Crippen LogP contribution in [-0.4, -0.2) is 41.9 Å². The van der Waals surface area contributed by atoms with Crippen LogP contribution in [0.2, 0.25) is 0 Å². The zero-order chi connectivity index (χ0) is 15.9. The number of amides is 1. The molecule has 0 bridgehead atoms. The number of likely N-dealkylation sites (tertiary alicyclic amines) is 1. The summed E-state index contributed by atoms with van der Waals surface area (Å²) >= 11 is 0. The Morgan fingerprint density at radius 1 is 1.32 bits per heavy atom. The maximum atomic E-state index is 11.9. The van der Waals surface area contributed by atoms with E-state index >= 15 is 0 Å². The van der Waals surface area contributed by atoms with Crippen LogP contribution in [0.25, 0.3) is 0 Å². The van der Waals surface area contributed by atoms with E-state index in [0.717, 1.165) is 32.0 Å². The second-order valence-electron chi connectivity index (χ2n) is 5.94. The maximum Gasteiger partial charge on any atom is 0.269 e. The molecule has 1 aliphatic heterocycles. The lowest BCUT2D eigenvalue weighted by Gasteiger charge is -2.30. The first-order chi connectivity index (χ1) is 10.6. The lowest BCUT2D eigenvalue weighted by atomic mass is 9.99. The topological polar surface area (TPSA) is 75.5 Å². The summed E-state index contributed by atoms with van der Waals surface area (Å²) in [7, 11) is 0. The minimum Gasteiger partial charge on any atom is -0.352 e. The van der Waals surface area contributed by atoms with Crippen LogP contribution in [0.15, 0.2) is 24.3 Å². The first-order valence-electron chi connectivity index (χ1n) is 7.81. The molecule has 0 radical (unpaired) electrons. The van der Waals surface area contributed by atoms with E-state index in [1.165, 1.54) is 37.1 Å². The van der Waals surface area contributed by atoms with Crippen LogP contribution < -0.4 is 5.32 Å². The smallest absolute Gasteiger partial charge is 0.269 e. The Morgan fingerprint density at radius 2 is 1.95 bits per heavy atom. The van der Waals surface area contributed by atoms with Gasteiger partial charge in [-0.3, -0.25) is 14.9 Å². The van der Waals surface area contributed by atoms with Crippen molar-refractivity contribution in [2.45, 2.75) is 26.2 Å². The average Bonchev–Trinajstić information content (AvgIpc) is 2.53. The molecule has 1 aromatic rings. The highest BCUT2D eigenvalue weighted by molar-refractivity contribution is 5.94. The average molecular weight is 305 g/mol. The van der Waals surface area contributed by atoms with E-state index in [0.29, 0.717) is 12.1 Å². The number of benzene rings is 1. The normalized spacial score (nSPS) is 16.4. The standard InChI is InChI=1S/C16H23N3O3/c1-13-7-11-18(12-8-13)10-2-9-17-16(20)14-3-5-15(6-4-14)19(21)22/h3-6,13H,2,7-12H2,1H3,(H,17,20). The van der Waals surface area contributed by atoms with E-state index in [1.807, 2.05) is 0 Å². The third-order valence-corrected chi connectivity index (χ3v) is 4.15. The maximum absolute atomic E-state index is 11.9. The van der Waals surface area contributed by atoms with Gasteiger partial charge in [0, 0.05) is 24.2 Å². The van der Waals surface area contributed by atoms with Gasteiger partial charge in [-0.2, -0.15) is 0 Å². The molecule has 0 spiro atoms. The first-order valence-corrected chi connectivity index (χ1v) is 7.81. The number of carbonyl (C=O) groups is 1. The summed E-state index contributed by atoms with van der Waals surface area (Å²) in [6.45, 7) is 6.23. The number of non-ortho nitro benzene ring substituents is 1.